The molecule has 1 aromatic rings. The molecule has 110 valence electrons. The highest BCUT2D eigenvalue weighted by Gasteiger charge is 2.33. The van der Waals surface area contributed by atoms with Crippen LogP contribution in [0.25, 0.3) is 0 Å². The van der Waals surface area contributed by atoms with E-state index in [1.165, 1.54) is 0 Å². The van der Waals surface area contributed by atoms with E-state index in [0.29, 0.717) is 17.9 Å². The average Bonchev–Trinajstić information content (AvgIpc) is 3.07. The summed E-state index contributed by atoms with van der Waals surface area (Å²) >= 11 is 0. The molecule has 0 radical (unpaired) electrons. The zero-order valence-electron chi connectivity index (χ0n) is 12.2. The minimum atomic E-state index is 0.198. The molecule has 0 N–H and O–H groups in total. The highest BCUT2D eigenvalue weighted by atomic mass is 16.4. The van der Waals surface area contributed by atoms with Crippen LogP contribution >= 0.6 is 0 Å². The van der Waals surface area contributed by atoms with Crippen LogP contribution in [0, 0.1) is 6.92 Å². The second-order valence-electron chi connectivity index (χ2n) is 5.88. The Morgan fingerprint density at radius 2 is 1.95 bits per heavy atom. The number of nitrogens with zero attached hydrogens (tertiary/aromatic N) is 4. The number of hydrogen-bond acceptors (Lipinski definition) is 5. The first-order valence-corrected chi connectivity index (χ1v) is 7.43. The molecule has 0 aromatic carbocycles. The maximum absolute atomic E-state index is 11.4. The molecule has 2 fully saturated rings. The average molecular weight is 278 g/mol. The largest absolute Gasteiger partial charge is 0.425 e. The lowest BCUT2D eigenvalue weighted by Gasteiger charge is -2.36. The van der Waals surface area contributed by atoms with Crippen molar-refractivity contribution in [3.05, 3.63) is 11.8 Å². The van der Waals surface area contributed by atoms with Crippen molar-refractivity contribution in [3.8, 4) is 0 Å². The first kappa shape index (κ1) is 13.5. The van der Waals surface area contributed by atoms with Crippen LogP contribution in [-0.4, -0.2) is 58.1 Å². The first-order chi connectivity index (χ1) is 9.63. The molecule has 2 saturated heterocycles. The third-order valence-corrected chi connectivity index (χ3v) is 4.54. The summed E-state index contributed by atoms with van der Waals surface area (Å²) in [5.74, 6) is 2.01. The monoisotopic (exact) mass is 278 g/mol. The quantitative estimate of drug-likeness (QED) is 0.813. The van der Waals surface area contributed by atoms with Crippen molar-refractivity contribution in [1.29, 1.82) is 0 Å². The van der Waals surface area contributed by atoms with E-state index in [2.05, 4.69) is 15.1 Å². The fourth-order valence-corrected chi connectivity index (χ4v) is 3.34. The van der Waals surface area contributed by atoms with Gasteiger partial charge in [0.15, 0.2) is 0 Å². The lowest BCUT2D eigenvalue weighted by Crippen LogP contribution is -2.45. The molecule has 2 aliphatic heterocycles. The van der Waals surface area contributed by atoms with Gasteiger partial charge in [0.05, 0.1) is 5.92 Å². The molecule has 0 spiro atoms. The number of hydrogen-bond donors (Lipinski definition) is 0. The molecule has 0 bridgehead atoms. The Labute approximate surface area is 119 Å². The molecule has 0 unspecified atom stereocenters. The highest BCUT2D eigenvalue weighted by Crippen LogP contribution is 2.30. The molecular formula is C14H22N4O2. The third-order valence-electron chi connectivity index (χ3n) is 4.54. The molecular weight excluding hydrogens is 256 g/mol. The summed E-state index contributed by atoms with van der Waals surface area (Å²) in [7, 11) is 0. The number of carbonyl (C=O) groups is 1. The molecule has 2 aliphatic rings. The predicted molar refractivity (Wildman–Crippen MR) is 73.2 cm³/mol. The van der Waals surface area contributed by atoms with Gasteiger partial charge in [-0.25, -0.2) is 0 Å². The van der Waals surface area contributed by atoms with Gasteiger partial charge in [-0.05, 0) is 25.8 Å². The molecule has 3 heterocycles. The molecule has 20 heavy (non-hydrogen) atoms. The van der Waals surface area contributed by atoms with Crippen molar-refractivity contribution in [2.75, 3.05) is 26.2 Å². The summed E-state index contributed by atoms with van der Waals surface area (Å²) in [6.45, 7) is 7.37. The Bertz CT molecular complexity index is 479. The van der Waals surface area contributed by atoms with Crippen molar-refractivity contribution in [1.82, 2.24) is 20.0 Å². The number of likely N-dealkylation sites (tertiary alicyclic amines) is 2. The normalized spacial score (nSPS) is 25.3. The van der Waals surface area contributed by atoms with Crippen LogP contribution in [0.2, 0.25) is 0 Å². The minimum Gasteiger partial charge on any atom is -0.425 e. The topological polar surface area (TPSA) is 62.5 Å². The molecule has 6 nitrogen and oxygen atoms in total. The maximum atomic E-state index is 11.4. The first-order valence-electron chi connectivity index (χ1n) is 7.43. The molecule has 0 aliphatic carbocycles. The molecule has 3 rings (SSSR count). The van der Waals surface area contributed by atoms with Crippen LogP contribution in [0.3, 0.4) is 0 Å². The summed E-state index contributed by atoms with van der Waals surface area (Å²) in [5, 5.41) is 8.07. The smallest absolute Gasteiger partial charge is 0.220 e. The number of aryl methyl sites for hydroxylation is 1. The lowest BCUT2D eigenvalue weighted by atomic mass is 10.0. The van der Waals surface area contributed by atoms with E-state index < -0.39 is 0 Å². The van der Waals surface area contributed by atoms with E-state index in [-0.39, 0.29) is 5.91 Å². The van der Waals surface area contributed by atoms with Crippen LogP contribution in [-0.2, 0) is 4.79 Å². The Kier molecular flexibility index (Phi) is 3.74. The van der Waals surface area contributed by atoms with E-state index >= 15 is 0 Å². The standard InChI is InChI=1S/C14H22N4O2/c1-10-15-16-14(20-10)12-3-6-18(9-12)13-4-7-17(8-5-13)11(2)19/h12-13H,3-9H2,1-2H3/t12-/m0/s1. The summed E-state index contributed by atoms with van der Waals surface area (Å²) in [4.78, 5) is 15.8. The summed E-state index contributed by atoms with van der Waals surface area (Å²) < 4.78 is 5.55. The van der Waals surface area contributed by atoms with Gasteiger partial charge in [0.25, 0.3) is 0 Å². The molecule has 0 saturated carbocycles. The number of amides is 1. The Morgan fingerprint density at radius 3 is 2.55 bits per heavy atom. The van der Waals surface area contributed by atoms with Gasteiger partial charge in [-0.3, -0.25) is 9.69 Å². The van der Waals surface area contributed by atoms with E-state index in [4.69, 9.17) is 4.42 Å². The molecule has 6 heteroatoms. The van der Waals surface area contributed by atoms with Crippen molar-refractivity contribution in [2.24, 2.45) is 0 Å². The predicted octanol–water partition coefficient (Wildman–Crippen LogP) is 1.18. The van der Waals surface area contributed by atoms with Crippen LogP contribution < -0.4 is 0 Å². The molecule has 1 aromatic heterocycles. The van der Waals surface area contributed by atoms with Crippen molar-refractivity contribution < 1.29 is 9.21 Å². The van der Waals surface area contributed by atoms with Crippen molar-refractivity contribution >= 4 is 5.91 Å². The number of carbonyl (C=O) groups excluding carboxylic acids is 1. The second-order valence-corrected chi connectivity index (χ2v) is 5.88. The van der Waals surface area contributed by atoms with E-state index in [0.717, 1.165) is 51.3 Å². The SMILES string of the molecule is CC(=O)N1CCC(N2CC[C@H](c3nnc(C)o3)C2)CC1. The zero-order valence-corrected chi connectivity index (χ0v) is 12.2. The fraction of sp³-hybridized carbons (Fsp3) is 0.786. The Hall–Kier alpha value is -1.43. The lowest BCUT2D eigenvalue weighted by molar-refractivity contribution is -0.130. The van der Waals surface area contributed by atoms with Gasteiger partial charge in [-0.1, -0.05) is 0 Å². The Morgan fingerprint density at radius 1 is 1.20 bits per heavy atom. The second kappa shape index (κ2) is 5.52. The van der Waals surface area contributed by atoms with Gasteiger partial charge in [-0.15, -0.1) is 10.2 Å². The van der Waals surface area contributed by atoms with Crippen LogP contribution in [0.15, 0.2) is 4.42 Å². The van der Waals surface area contributed by atoms with Crippen molar-refractivity contribution in [3.63, 3.8) is 0 Å². The van der Waals surface area contributed by atoms with Gasteiger partial charge in [0.2, 0.25) is 17.7 Å². The zero-order chi connectivity index (χ0) is 14.1. The number of rotatable bonds is 2. The summed E-state index contributed by atoms with van der Waals surface area (Å²) in [6.07, 6.45) is 3.25. The van der Waals surface area contributed by atoms with Crippen LogP contribution in [0.4, 0.5) is 0 Å². The van der Waals surface area contributed by atoms with Gasteiger partial charge in [0.1, 0.15) is 0 Å². The number of piperidine rings is 1. The highest BCUT2D eigenvalue weighted by molar-refractivity contribution is 5.73. The van der Waals surface area contributed by atoms with E-state index in [1.807, 2.05) is 11.8 Å². The van der Waals surface area contributed by atoms with E-state index in [1.54, 1.807) is 6.92 Å². The van der Waals surface area contributed by atoms with Gasteiger partial charge >= 0.3 is 0 Å². The molecule has 1 amide bonds. The molecule has 1 atom stereocenters. The van der Waals surface area contributed by atoms with Crippen LogP contribution in [0.5, 0.6) is 0 Å². The van der Waals surface area contributed by atoms with Gasteiger partial charge in [0, 0.05) is 39.5 Å². The fourth-order valence-electron chi connectivity index (χ4n) is 3.34. The summed E-state index contributed by atoms with van der Waals surface area (Å²) in [5.41, 5.74) is 0. The van der Waals surface area contributed by atoms with Crippen LogP contribution in [0.1, 0.15) is 43.9 Å². The Balaban J connectivity index is 1.54. The van der Waals surface area contributed by atoms with E-state index in [9.17, 15) is 4.79 Å². The summed E-state index contributed by atoms with van der Waals surface area (Å²) in [6, 6.07) is 0.597. The number of aromatic nitrogens is 2. The minimum absolute atomic E-state index is 0.198. The van der Waals surface area contributed by atoms with Gasteiger partial charge in [-0.2, -0.15) is 0 Å². The third kappa shape index (κ3) is 2.70. The maximum Gasteiger partial charge on any atom is 0.220 e. The van der Waals surface area contributed by atoms with Crippen molar-refractivity contribution in [2.45, 2.75) is 45.1 Å². The van der Waals surface area contributed by atoms with Gasteiger partial charge < -0.3 is 9.32 Å².